The third kappa shape index (κ3) is 2.25. The van der Waals surface area contributed by atoms with Crippen molar-refractivity contribution in [3.05, 3.63) is 36.2 Å². The molecule has 0 bridgehead atoms. The predicted molar refractivity (Wildman–Crippen MR) is 61.2 cm³/mol. The molecule has 0 atom stereocenters. The van der Waals surface area contributed by atoms with E-state index < -0.39 is 0 Å². The van der Waals surface area contributed by atoms with Crippen LogP contribution in [0.4, 0.5) is 11.4 Å². The number of nitrogens with one attached hydrogen (secondary N) is 1. The SMILES string of the molecule is COc1cc(NCc2ccon2)ccc1N. The van der Waals surface area contributed by atoms with Gasteiger partial charge < -0.3 is 20.3 Å². The first-order valence-electron chi connectivity index (χ1n) is 4.86. The van der Waals surface area contributed by atoms with Crippen molar-refractivity contribution in [1.29, 1.82) is 0 Å². The van der Waals surface area contributed by atoms with Crippen LogP contribution in [-0.2, 0) is 6.54 Å². The molecule has 2 aromatic rings. The van der Waals surface area contributed by atoms with E-state index in [1.54, 1.807) is 19.4 Å². The number of nitrogens with two attached hydrogens (primary N) is 1. The van der Waals surface area contributed by atoms with Crippen molar-refractivity contribution in [2.24, 2.45) is 0 Å². The Morgan fingerprint density at radius 2 is 2.31 bits per heavy atom. The first kappa shape index (κ1) is 10.4. The van der Waals surface area contributed by atoms with Gasteiger partial charge in [-0.25, -0.2) is 0 Å². The average Bonchev–Trinajstić information content (AvgIpc) is 2.81. The van der Waals surface area contributed by atoms with E-state index in [1.807, 2.05) is 18.2 Å². The van der Waals surface area contributed by atoms with Crippen LogP contribution in [0, 0.1) is 0 Å². The third-order valence-corrected chi connectivity index (χ3v) is 2.20. The van der Waals surface area contributed by atoms with E-state index in [0.717, 1.165) is 11.4 Å². The Morgan fingerprint density at radius 3 is 3.00 bits per heavy atom. The van der Waals surface area contributed by atoms with Crippen LogP contribution in [0.3, 0.4) is 0 Å². The van der Waals surface area contributed by atoms with E-state index in [1.165, 1.54) is 0 Å². The Morgan fingerprint density at radius 1 is 1.44 bits per heavy atom. The largest absolute Gasteiger partial charge is 0.495 e. The van der Waals surface area contributed by atoms with Crippen LogP contribution in [0.5, 0.6) is 5.75 Å². The van der Waals surface area contributed by atoms with Gasteiger partial charge in [-0.2, -0.15) is 0 Å². The van der Waals surface area contributed by atoms with E-state index in [0.29, 0.717) is 18.0 Å². The van der Waals surface area contributed by atoms with Gasteiger partial charge in [-0.05, 0) is 12.1 Å². The van der Waals surface area contributed by atoms with Crippen molar-refractivity contribution in [2.45, 2.75) is 6.54 Å². The number of nitrogen functional groups attached to an aromatic ring is 1. The molecule has 5 heteroatoms. The number of hydrogen-bond donors (Lipinski definition) is 2. The lowest BCUT2D eigenvalue weighted by Crippen LogP contribution is -2.00. The van der Waals surface area contributed by atoms with Gasteiger partial charge in [0.05, 0.1) is 19.3 Å². The van der Waals surface area contributed by atoms with Gasteiger partial charge in [0, 0.05) is 17.8 Å². The molecule has 5 nitrogen and oxygen atoms in total. The van der Waals surface area contributed by atoms with E-state index in [-0.39, 0.29) is 0 Å². The average molecular weight is 219 g/mol. The topological polar surface area (TPSA) is 73.3 Å². The van der Waals surface area contributed by atoms with Crippen LogP contribution in [0.2, 0.25) is 0 Å². The quantitative estimate of drug-likeness (QED) is 0.768. The van der Waals surface area contributed by atoms with Gasteiger partial charge in [-0.15, -0.1) is 0 Å². The molecule has 1 heterocycles. The molecule has 3 N–H and O–H groups in total. The lowest BCUT2D eigenvalue weighted by Gasteiger charge is -2.08. The Hall–Kier alpha value is -2.17. The number of aromatic nitrogens is 1. The van der Waals surface area contributed by atoms with E-state index >= 15 is 0 Å². The third-order valence-electron chi connectivity index (χ3n) is 2.20. The molecule has 0 fully saturated rings. The standard InChI is InChI=1S/C11H13N3O2/c1-15-11-6-8(2-3-10(11)12)13-7-9-4-5-16-14-9/h2-6,13H,7,12H2,1H3. The summed E-state index contributed by atoms with van der Waals surface area (Å²) in [6, 6.07) is 7.33. The lowest BCUT2D eigenvalue weighted by atomic mass is 10.2. The zero-order valence-electron chi connectivity index (χ0n) is 8.93. The van der Waals surface area contributed by atoms with Crippen molar-refractivity contribution >= 4 is 11.4 Å². The number of anilines is 2. The Balaban J connectivity index is 2.04. The highest BCUT2D eigenvalue weighted by Crippen LogP contribution is 2.25. The molecular weight excluding hydrogens is 206 g/mol. The summed E-state index contributed by atoms with van der Waals surface area (Å²) < 4.78 is 9.86. The van der Waals surface area contributed by atoms with Gasteiger partial charge in [0.15, 0.2) is 0 Å². The highest BCUT2D eigenvalue weighted by Gasteiger charge is 2.01. The molecule has 0 saturated heterocycles. The molecular formula is C11H13N3O2. The van der Waals surface area contributed by atoms with Crippen LogP contribution < -0.4 is 15.8 Å². The monoisotopic (exact) mass is 219 g/mol. The number of nitrogens with zero attached hydrogens (tertiary/aromatic N) is 1. The van der Waals surface area contributed by atoms with Gasteiger partial charge >= 0.3 is 0 Å². The highest BCUT2D eigenvalue weighted by molar-refractivity contribution is 5.61. The Bertz CT molecular complexity index is 454. The minimum absolute atomic E-state index is 0.601. The van der Waals surface area contributed by atoms with Gasteiger partial charge in [0.2, 0.25) is 0 Å². The van der Waals surface area contributed by atoms with Gasteiger partial charge in [0.1, 0.15) is 17.7 Å². The van der Waals surface area contributed by atoms with Crippen LogP contribution in [-0.4, -0.2) is 12.3 Å². The number of methoxy groups -OCH3 is 1. The first-order valence-corrected chi connectivity index (χ1v) is 4.86. The fraction of sp³-hybridized carbons (Fsp3) is 0.182. The first-order chi connectivity index (χ1) is 7.79. The van der Waals surface area contributed by atoms with Crippen molar-refractivity contribution in [3.63, 3.8) is 0 Å². The molecule has 1 aromatic heterocycles. The minimum atomic E-state index is 0.601. The van der Waals surface area contributed by atoms with E-state index in [2.05, 4.69) is 10.5 Å². The van der Waals surface area contributed by atoms with E-state index in [4.69, 9.17) is 15.0 Å². The number of hydrogen-bond acceptors (Lipinski definition) is 5. The van der Waals surface area contributed by atoms with Gasteiger partial charge in [-0.3, -0.25) is 0 Å². The minimum Gasteiger partial charge on any atom is -0.495 e. The van der Waals surface area contributed by atoms with Crippen molar-refractivity contribution < 1.29 is 9.26 Å². The summed E-state index contributed by atoms with van der Waals surface area (Å²) in [5.41, 5.74) is 8.10. The predicted octanol–water partition coefficient (Wildman–Crippen LogP) is 1.88. The van der Waals surface area contributed by atoms with Crippen LogP contribution in [0.1, 0.15) is 5.69 Å². The number of rotatable bonds is 4. The molecule has 16 heavy (non-hydrogen) atoms. The molecule has 1 aromatic carbocycles. The van der Waals surface area contributed by atoms with E-state index in [9.17, 15) is 0 Å². The molecule has 0 aliphatic heterocycles. The number of ether oxygens (including phenoxy) is 1. The molecule has 0 aliphatic rings. The smallest absolute Gasteiger partial charge is 0.143 e. The highest BCUT2D eigenvalue weighted by atomic mass is 16.5. The molecule has 2 rings (SSSR count). The summed E-state index contributed by atoms with van der Waals surface area (Å²) in [7, 11) is 1.59. The second-order valence-electron chi connectivity index (χ2n) is 3.30. The summed E-state index contributed by atoms with van der Waals surface area (Å²) in [6.45, 7) is 0.601. The Kier molecular flexibility index (Phi) is 2.95. The second kappa shape index (κ2) is 4.57. The molecule has 0 saturated carbocycles. The van der Waals surface area contributed by atoms with Crippen LogP contribution in [0.15, 0.2) is 35.1 Å². The maximum atomic E-state index is 5.71. The maximum Gasteiger partial charge on any atom is 0.143 e. The summed E-state index contributed by atoms with van der Waals surface area (Å²) in [4.78, 5) is 0. The summed E-state index contributed by atoms with van der Waals surface area (Å²) in [5, 5.41) is 6.99. The Labute approximate surface area is 93.2 Å². The van der Waals surface area contributed by atoms with Crippen LogP contribution >= 0.6 is 0 Å². The van der Waals surface area contributed by atoms with Crippen LogP contribution in [0.25, 0.3) is 0 Å². The van der Waals surface area contributed by atoms with Crippen molar-refractivity contribution in [1.82, 2.24) is 5.16 Å². The molecule has 84 valence electrons. The molecule has 0 aliphatic carbocycles. The van der Waals surface area contributed by atoms with Crippen molar-refractivity contribution in [3.8, 4) is 5.75 Å². The second-order valence-corrected chi connectivity index (χ2v) is 3.30. The lowest BCUT2D eigenvalue weighted by molar-refractivity contribution is 0.412. The molecule has 0 amide bonds. The number of benzene rings is 1. The molecule has 0 radical (unpaired) electrons. The fourth-order valence-electron chi connectivity index (χ4n) is 1.34. The van der Waals surface area contributed by atoms with Crippen molar-refractivity contribution in [2.75, 3.05) is 18.2 Å². The fourth-order valence-corrected chi connectivity index (χ4v) is 1.34. The zero-order valence-corrected chi connectivity index (χ0v) is 8.93. The summed E-state index contributed by atoms with van der Waals surface area (Å²) in [5.74, 6) is 0.658. The van der Waals surface area contributed by atoms with Gasteiger partial charge in [0.25, 0.3) is 0 Å². The summed E-state index contributed by atoms with van der Waals surface area (Å²) >= 11 is 0. The normalized spacial score (nSPS) is 10.1. The molecule has 0 unspecified atom stereocenters. The van der Waals surface area contributed by atoms with Gasteiger partial charge in [-0.1, -0.05) is 5.16 Å². The zero-order chi connectivity index (χ0) is 11.4. The summed E-state index contributed by atoms with van der Waals surface area (Å²) in [6.07, 6.45) is 1.54. The maximum absolute atomic E-state index is 5.71. The molecule has 0 spiro atoms.